The third-order valence-electron chi connectivity index (χ3n) is 2.54. The lowest BCUT2D eigenvalue weighted by molar-refractivity contribution is 0.248. The molecule has 1 rings (SSSR count). The number of rotatable bonds is 4. The molecule has 14 heavy (non-hydrogen) atoms. The molecule has 0 aliphatic carbocycles. The topological polar surface area (TPSA) is 18.5 Å². The molecular weight excluding hydrogens is 192 g/mol. The van der Waals surface area contributed by atoms with E-state index >= 15 is 0 Å². The van der Waals surface area contributed by atoms with Crippen molar-refractivity contribution in [1.82, 2.24) is 0 Å². The van der Waals surface area contributed by atoms with Crippen molar-refractivity contribution < 1.29 is 8.85 Å². The fourth-order valence-electron chi connectivity index (χ4n) is 1.79. The summed E-state index contributed by atoms with van der Waals surface area (Å²) < 4.78 is 11.3. The van der Waals surface area contributed by atoms with Gasteiger partial charge in [-0.2, -0.15) is 0 Å². The van der Waals surface area contributed by atoms with Gasteiger partial charge in [-0.05, 0) is 5.19 Å². The average Bonchev–Trinajstić information content (AvgIpc) is 2.22. The lowest BCUT2D eigenvalue weighted by Gasteiger charge is -2.31. The molecule has 0 saturated carbocycles. The third kappa shape index (κ3) is 1.89. The van der Waals surface area contributed by atoms with Crippen LogP contribution in [-0.4, -0.2) is 22.8 Å². The van der Waals surface area contributed by atoms with Crippen LogP contribution in [0.3, 0.4) is 0 Å². The van der Waals surface area contributed by atoms with Crippen molar-refractivity contribution in [2.75, 3.05) is 14.2 Å². The normalized spacial score (nSPS) is 12.1. The molecule has 0 aromatic heterocycles. The van der Waals surface area contributed by atoms with Gasteiger partial charge >= 0.3 is 8.56 Å². The number of hydrogen-bond donors (Lipinski definition) is 0. The maximum absolute atomic E-state index is 5.65. The van der Waals surface area contributed by atoms with E-state index in [1.807, 2.05) is 18.2 Å². The van der Waals surface area contributed by atoms with Crippen molar-refractivity contribution in [1.29, 1.82) is 0 Å². The van der Waals surface area contributed by atoms with Gasteiger partial charge in [0.15, 0.2) is 0 Å². The molecule has 0 heterocycles. The van der Waals surface area contributed by atoms with Gasteiger partial charge in [0, 0.05) is 19.8 Å². The summed E-state index contributed by atoms with van der Waals surface area (Å²) in [6.45, 7) is 4.29. The second-order valence-corrected chi connectivity index (χ2v) is 7.48. The van der Waals surface area contributed by atoms with Crippen LogP contribution in [-0.2, 0) is 8.85 Å². The van der Waals surface area contributed by atoms with Crippen molar-refractivity contribution in [3.05, 3.63) is 30.3 Å². The van der Waals surface area contributed by atoms with E-state index in [1.165, 1.54) is 5.19 Å². The number of hydrogen-bond acceptors (Lipinski definition) is 2. The minimum absolute atomic E-state index is 0.403. The minimum atomic E-state index is -2.20. The molecule has 0 unspecified atom stereocenters. The first kappa shape index (κ1) is 11.4. The van der Waals surface area contributed by atoms with Gasteiger partial charge in [-0.3, -0.25) is 0 Å². The Hall–Kier alpha value is -0.643. The maximum atomic E-state index is 5.65. The molecule has 1 aromatic carbocycles. The Balaban J connectivity index is 3.11. The summed E-state index contributed by atoms with van der Waals surface area (Å²) in [4.78, 5) is 0. The smallest absolute Gasteiger partial charge is 0.374 e. The van der Waals surface area contributed by atoms with Crippen molar-refractivity contribution in [3.63, 3.8) is 0 Å². The second-order valence-electron chi connectivity index (χ2n) is 3.60. The largest absolute Gasteiger partial charge is 0.394 e. The van der Waals surface area contributed by atoms with Gasteiger partial charge in [0.1, 0.15) is 0 Å². The van der Waals surface area contributed by atoms with Gasteiger partial charge in [-0.1, -0.05) is 44.2 Å². The second kappa shape index (κ2) is 4.73. The molecule has 0 spiro atoms. The fourth-order valence-corrected chi connectivity index (χ4v) is 4.70. The van der Waals surface area contributed by atoms with Gasteiger partial charge < -0.3 is 8.85 Å². The Morgan fingerprint density at radius 3 is 1.86 bits per heavy atom. The van der Waals surface area contributed by atoms with Crippen LogP contribution in [0, 0.1) is 0 Å². The Morgan fingerprint density at radius 2 is 1.50 bits per heavy atom. The standard InChI is InChI=1S/C11H18O2Si/c1-10(2)14(12-3,13-4)11-8-6-5-7-9-11/h5-10H,1-4H3. The first-order valence-corrected chi connectivity index (χ1v) is 6.72. The minimum Gasteiger partial charge on any atom is -0.394 e. The summed E-state index contributed by atoms with van der Waals surface area (Å²) in [5.41, 5.74) is 0.403. The molecule has 78 valence electrons. The molecule has 0 aliphatic rings. The molecule has 0 radical (unpaired) electrons. The molecule has 0 aliphatic heterocycles. The SMILES string of the molecule is CO[Si](OC)(c1ccccc1)C(C)C. The van der Waals surface area contributed by atoms with Crippen molar-refractivity contribution >= 4 is 13.7 Å². The van der Waals surface area contributed by atoms with Gasteiger partial charge in [0.25, 0.3) is 0 Å². The molecule has 0 amide bonds. The first-order chi connectivity index (χ1) is 6.67. The van der Waals surface area contributed by atoms with E-state index in [0.717, 1.165) is 0 Å². The van der Waals surface area contributed by atoms with Crippen LogP contribution in [0.4, 0.5) is 0 Å². The van der Waals surface area contributed by atoms with Crippen molar-refractivity contribution in [3.8, 4) is 0 Å². The van der Waals surface area contributed by atoms with E-state index in [0.29, 0.717) is 5.54 Å². The van der Waals surface area contributed by atoms with Gasteiger partial charge in [-0.15, -0.1) is 0 Å². The Kier molecular flexibility index (Phi) is 3.86. The number of benzene rings is 1. The quantitative estimate of drug-likeness (QED) is 0.708. The van der Waals surface area contributed by atoms with E-state index in [-0.39, 0.29) is 0 Å². The van der Waals surface area contributed by atoms with Crippen LogP contribution in [0.15, 0.2) is 30.3 Å². The van der Waals surface area contributed by atoms with Gasteiger partial charge in [0.05, 0.1) is 0 Å². The van der Waals surface area contributed by atoms with Crippen LogP contribution < -0.4 is 5.19 Å². The molecule has 0 N–H and O–H groups in total. The predicted molar refractivity (Wildman–Crippen MR) is 60.9 cm³/mol. The highest BCUT2D eigenvalue weighted by molar-refractivity contribution is 6.82. The van der Waals surface area contributed by atoms with E-state index in [9.17, 15) is 0 Å². The monoisotopic (exact) mass is 210 g/mol. The summed E-state index contributed by atoms with van der Waals surface area (Å²) >= 11 is 0. The zero-order valence-corrected chi connectivity index (χ0v) is 10.3. The van der Waals surface area contributed by atoms with E-state index in [2.05, 4.69) is 26.0 Å². The molecule has 0 atom stereocenters. The molecule has 1 aromatic rings. The van der Waals surface area contributed by atoms with Crippen LogP contribution in [0.25, 0.3) is 0 Å². The van der Waals surface area contributed by atoms with Gasteiger partial charge in [-0.25, -0.2) is 0 Å². The van der Waals surface area contributed by atoms with Crippen molar-refractivity contribution in [2.45, 2.75) is 19.4 Å². The first-order valence-electron chi connectivity index (χ1n) is 4.83. The van der Waals surface area contributed by atoms with Crippen LogP contribution in [0.2, 0.25) is 5.54 Å². The summed E-state index contributed by atoms with van der Waals surface area (Å²) in [5.74, 6) is 0. The molecular formula is C11H18O2Si. The highest BCUT2D eigenvalue weighted by Crippen LogP contribution is 2.21. The summed E-state index contributed by atoms with van der Waals surface area (Å²) in [7, 11) is 1.28. The highest BCUT2D eigenvalue weighted by atomic mass is 28.4. The Bertz CT molecular complexity index is 268. The summed E-state index contributed by atoms with van der Waals surface area (Å²) in [6.07, 6.45) is 0. The van der Waals surface area contributed by atoms with Crippen LogP contribution >= 0.6 is 0 Å². The third-order valence-corrected chi connectivity index (χ3v) is 6.41. The Labute approximate surface area is 87.1 Å². The van der Waals surface area contributed by atoms with Crippen LogP contribution in [0.1, 0.15) is 13.8 Å². The lowest BCUT2D eigenvalue weighted by Crippen LogP contribution is -2.54. The zero-order valence-electron chi connectivity index (χ0n) is 9.28. The van der Waals surface area contributed by atoms with Crippen LogP contribution in [0.5, 0.6) is 0 Å². The van der Waals surface area contributed by atoms with E-state index in [4.69, 9.17) is 8.85 Å². The fraction of sp³-hybridized carbons (Fsp3) is 0.455. The molecule has 3 heteroatoms. The summed E-state index contributed by atoms with van der Waals surface area (Å²) in [6, 6.07) is 10.2. The molecule has 0 saturated heterocycles. The van der Waals surface area contributed by atoms with E-state index < -0.39 is 8.56 Å². The zero-order chi connectivity index (χ0) is 10.6. The molecule has 0 bridgehead atoms. The van der Waals surface area contributed by atoms with Gasteiger partial charge in [0.2, 0.25) is 0 Å². The lowest BCUT2D eigenvalue weighted by atomic mass is 10.4. The van der Waals surface area contributed by atoms with E-state index in [1.54, 1.807) is 14.2 Å². The Morgan fingerprint density at radius 1 is 1.00 bits per heavy atom. The predicted octanol–water partition coefficient (Wildman–Crippen LogP) is 2.04. The maximum Gasteiger partial charge on any atom is 0.374 e. The molecule has 0 fully saturated rings. The highest BCUT2D eigenvalue weighted by Gasteiger charge is 2.41. The molecule has 2 nitrogen and oxygen atoms in total. The van der Waals surface area contributed by atoms with Crippen molar-refractivity contribution in [2.24, 2.45) is 0 Å². The average molecular weight is 210 g/mol. The summed E-state index contributed by atoms with van der Waals surface area (Å²) in [5, 5.41) is 1.19.